The van der Waals surface area contributed by atoms with Gasteiger partial charge in [0.15, 0.2) is 5.78 Å². The van der Waals surface area contributed by atoms with Gasteiger partial charge in [-0.05, 0) is 35.9 Å². The van der Waals surface area contributed by atoms with Crippen LogP contribution in [0.15, 0.2) is 90.5 Å². The molecule has 3 aromatic rings. The van der Waals surface area contributed by atoms with Crippen LogP contribution in [0.2, 0.25) is 0 Å². The summed E-state index contributed by atoms with van der Waals surface area (Å²) in [4.78, 5) is 25.5. The maximum atomic E-state index is 12.9. The van der Waals surface area contributed by atoms with Crippen molar-refractivity contribution in [2.45, 2.75) is 6.42 Å². The Balaban J connectivity index is 1.87. The van der Waals surface area contributed by atoms with Gasteiger partial charge < -0.3 is 10.1 Å². The van der Waals surface area contributed by atoms with Crippen LogP contribution in [-0.4, -0.2) is 18.8 Å². The van der Waals surface area contributed by atoms with Gasteiger partial charge in [-0.25, -0.2) is 0 Å². The molecule has 0 aliphatic heterocycles. The highest BCUT2D eigenvalue weighted by atomic mass is 16.5. The monoisotopic (exact) mass is 371 g/mol. The Bertz CT molecular complexity index is 962. The van der Waals surface area contributed by atoms with E-state index in [1.807, 2.05) is 72.8 Å². The molecule has 3 aromatic carbocycles. The van der Waals surface area contributed by atoms with Crippen molar-refractivity contribution in [2.75, 3.05) is 12.4 Å². The van der Waals surface area contributed by atoms with Gasteiger partial charge in [0.2, 0.25) is 0 Å². The highest BCUT2D eigenvalue weighted by Crippen LogP contribution is 2.19. The van der Waals surface area contributed by atoms with Gasteiger partial charge in [0.1, 0.15) is 5.75 Å². The van der Waals surface area contributed by atoms with E-state index >= 15 is 0 Å². The van der Waals surface area contributed by atoms with Crippen LogP contribution in [0.3, 0.4) is 0 Å². The van der Waals surface area contributed by atoms with E-state index in [1.165, 1.54) is 0 Å². The van der Waals surface area contributed by atoms with E-state index in [2.05, 4.69) is 5.32 Å². The van der Waals surface area contributed by atoms with Gasteiger partial charge in [-0.2, -0.15) is 0 Å². The Labute approximate surface area is 164 Å². The number of rotatable bonds is 7. The quantitative estimate of drug-likeness (QED) is 0.470. The second-order valence-corrected chi connectivity index (χ2v) is 6.23. The first-order valence-electron chi connectivity index (χ1n) is 8.95. The van der Waals surface area contributed by atoms with E-state index in [0.29, 0.717) is 16.8 Å². The molecule has 0 aliphatic carbocycles. The van der Waals surface area contributed by atoms with E-state index in [9.17, 15) is 9.59 Å². The Kier molecular flexibility index (Phi) is 6.37. The number of carbonyl (C=O) groups excluding carboxylic acids is 2. The number of benzene rings is 3. The molecule has 0 unspecified atom stereocenters. The third-order valence-corrected chi connectivity index (χ3v) is 4.23. The predicted molar refractivity (Wildman–Crippen MR) is 111 cm³/mol. The summed E-state index contributed by atoms with van der Waals surface area (Å²) in [5, 5.41) is 2.86. The van der Waals surface area contributed by atoms with E-state index < -0.39 is 0 Å². The van der Waals surface area contributed by atoms with Crippen molar-refractivity contribution in [2.24, 2.45) is 0 Å². The van der Waals surface area contributed by atoms with Crippen molar-refractivity contribution >= 4 is 23.5 Å². The summed E-state index contributed by atoms with van der Waals surface area (Å²) < 4.78 is 5.17. The largest absolute Gasteiger partial charge is 0.497 e. The van der Waals surface area contributed by atoms with Gasteiger partial charge in [0.05, 0.1) is 7.11 Å². The molecule has 1 N–H and O–H groups in total. The fourth-order valence-corrected chi connectivity index (χ4v) is 2.73. The van der Waals surface area contributed by atoms with Crippen LogP contribution >= 0.6 is 0 Å². The van der Waals surface area contributed by atoms with Gasteiger partial charge in [0.25, 0.3) is 5.91 Å². The molecule has 3 rings (SSSR count). The number of ketones is 1. The molecule has 0 saturated heterocycles. The molecule has 0 saturated carbocycles. The predicted octanol–water partition coefficient (Wildman–Crippen LogP) is 4.99. The van der Waals surface area contributed by atoms with Gasteiger partial charge in [0, 0.05) is 23.2 Å². The van der Waals surface area contributed by atoms with E-state index in [4.69, 9.17) is 4.74 Å². The van der Waals surface area contributed by atoms with Crippen molar-refractivity contribution in [3.63, 3.8) is 0 Å². The number of hydrogen-bond donors (Lipinski definition) is 1. The van der Waals surface area contributed by atoms with Gasteiger partial charge in [-0.1, -0.05) is 60.7 Å². The zero-order valence-electron chi connectivity index (χ0n) is 15.6. The van der Waals surface area contributed by atoms with Crippen molar-refractivity contribution in [3.05, 3.63) is 102 Å². The first kappa shape index (κ1) is 19.1. The number of methoxy groups -OCH3 is 1. The third kappa shape index (κ3) is 5.17. The normalized spacial score (nSPS) is 11.0. The zero-order valence-corrected chi connectivity index (χ0v) is 15.6. The van der Waals surface area contributed by atoms with Crippen LogP contribution in [0.1, 0.15) is 22.3 Å². The van der Waals surface area contributed by atoms with Crippen LogP contribution in [0.25, 0.3) is 6.08 Å². The van der Waals surface area contributed by atoms with Crippen molar-refractivity contribution in [1.29, 1.82) is 0 Å². The molecule has 0 heterocycles. The number of Topliss-reactive ketones (excluding diaryl/α,β-unsaturated/α-hetero) is 1. The third-order valence-electron chi connectivity index (χ3n) is 4.23. The standard InChI is InChI=1S/C24H21NO3/c1-28-22-14-12-18(13-15-22)16-20(17-23(26)19-8-4-2-5-9-19)24(27)25-21-10-6-3-7-11-21/h2-16H,17H2,1H3,(H,25,27)/b20-16+. The molecule has 28 heavy (non-hydrogen) atoms. The fraction of sp³-hybridized carbons (Fsp3) is 0.0833. The molecule has 0 atom stereocenters. The topological polar surface area (TPSA) is 55.4 Å². The summed E-state index contributed by atoms with van der Waals surface area (Å²) in [7, 11) is 1.60. The number of para-hydroxylation sites is 1. The molecule has 0 radical (unpaired) electrons. The maximum absolute atomic E-state index is 12.9. The number of amides is 1. The highest BCUT2D eigenvalue weighted by Gasteiger charge is 2.16. The average molecular weight is 371 g/mol. The minimum Gasteiger partial charge on any atom is -0.497 e. The minimum absolute atomic E-state index is 0.00864. The molecule has 1 amide bonds. The lowest BCUT2D eigenvalue weighted by molar-refractivity contribution is -0.112. The first-order chi connectivity index (χ1) is 13.7. The molecular weight excluding hydrogens is 350 g/mol. The maximum Gasteiger partial charge on any atom is 0.252 e. The Morgan fingerprint density at radius 3 is 2.07 bits per heavy atom. The van der Waals surface area contributed by atoms with Crippen LogP contribution < -0.4 is 10.1 Å². The molecule has 4 heteroatoms. The lowest BCUT2D eigenvalue weighted by atomic mass is 10.00. The molecule has 140 valence electrons. The Hall–Kier alpha value is -3.66. The Morgan fingerprint density at radius 2 is 1.46 bits per heavy atom. The Morgan fingerprint density at radius 1 is 0.857 bits per heavy atom. The second kappa shape index (κ2) is 9.33. The minimum atomic E-state index is -0.300. The second-order valence-electron chi connectivity index (χ2n) is 6.23. The summed E-state index contributed by atoms with van der Waals surface area (Å²) in [5.41, 5.74) is 2.47. The molecular formula is C24H21NO3. The summed E-state index contributed by atoms with van der Waals surface area (Å²) in [6.45, 7) is 0. The van der Waals surface area contributed by atoms with Crippen LogP contribution in [0, 0.1) is 0 Å². The lowest BCUT2D eigenvalue weighted by Crippen LogP contribution is -2.17. The fourth-order valence-electron chi connectivity index (χ4n) is 2.73. The average Bonchev–Trinajstić information content (AvgIpc) is 2.75. The summed E-state index contributed by atoms with van der Waals surface area (Å²) >= 11 is 0. The van der Waals surface area contributed by atoms with Crippen LogP contribution in [0.5, 0.6) is 5.75 Å². The summed E-state index contributed by atoms with van der Waals surface area (Å²) in [5.74, 6) is 0.322. The number of anilines is 1. The molecule has 0 aliphatic rings. The van der Waals surface area contributed by atoms with Crippen molar-refractivity contribution in [1.82, 2.24) is 0 Å². The smallest absolute Gasteiger partial charge is 0.252 e. The van der Waals surface area contributed by atoms with E-state index in [0.717, 1.165) is 11.3 Å². The number of nitrogens with one attached hydrogen (secondary N) is 1. The molecule has 0 spiro atoms. The lowest BCUT2D eigenvalue weighted by Gasteiger charge is -2.10. The number of ether oxygens (including phenoxy) is 1. The molecule has 4 nitrogen and oxygen atoms in total. The van der Waals surface area contributed by atoms with Crippen LogP contribution in [-0.2, 0) is 4.79 Å². The zero-order chi connectivity index (χ0) is 19.8. The van der Waals surface area contributed by atoms with Crippen LogP contribution in [0.4, 0.5) is 5.69 Å². The SMILES string of the molecule is COc1ccc(/C=C(\CC(=O)c2ccccc2)C(=O)Nc2ccccc2)cc1. The van der Waals surface area contributed by atoms with E-state index in [1.54, 1.807) is 25.3 Å². The molecule has 0 fully saturated rings. The van der Waals surface area contributed by atoms with E-state index in [-0.39, 0.29) is 18.1 Å². The highest BCUT2D eigenvalue weighted by molar-refractivity contribution is 6.12. The number of carbonyl (C=O) groups is 2. The summed E-state index contributed by atoms with van der Waals surface area (Å²) in [6, 6.07) is 25.5. The molecule has 0 bridgehead atoms. The van der Waals surface area contributed by atoms with Gasteiger partial charge >= 0.3 is 0 Å². The summed E-state index contributed by atoms with van der Waals surface area (Å²) in [6.07, 6.45) is 1.74. The van der Waals surface area contributed by atoms with Crippen molar-refractivity contribution < 1.29 is 14.3 Å². The number of hydrogen-bond acceptors (Lipinski definition) is 3. The first-order valence-corrected chi connectivity index (χ1v) is 8.95. The van der Waals surface area contributed by atoms with Gasteiger partial charge in [-0.3, -0.25) is 9.59 Å². The molecule has 0 aromatic heterocycles. The van der Waals surface area contributed by atoms with Crippen molar-refractivity contribution in [3.8, 4) is 5.75 Å². The van der Waals surface area contributed by atoms with Gasteiger partial charge in [-0.15, -0.1) is 0 Å².